The minimum atomic E-state index is -0.704. The molecule has 3 atom stereocenters. The molecule has 0 spiro atoms. The van der Waals surface area contributed by atoms with Gasteiger partial charge >= 0.3 is 0 Å². The number of imidazole rings is 1. The summed E-state index contributed by atoms with van der Waals surface area (Å²) in [7, 11) is -0.704. The number of aliphatic imine (C=N–C) groups is 1. The number of pyridine rings is 1. The van der Waals surface area contributed by atoms with Gasteiger partial charge in [-0.2, -0.15) is 0 Å². The van der Waals surface area contributed by atoms with Gasteiger partial charge in [0.2, 0.25) is 0 Å². The Bertz CT molecular complexity index is 831. The second-order valence-electron chi connectivity index (χ2n) is 7.46. The fourth-order valence-electron chi connectivity index (χ4n) is 3.87. The van der Waals surface area contributed by atoms with Crippen LogP contribution < -0.4 is 10.6 Å². The van der Waals surface area contributed by atoms with Crippen molar-refractivity contribution in [1.82, 2.24) is 20.0 Å². The van der Waals surface area contributed by atoms with Gasteiger partial charge in [0.05, 0.1) is 5.69 Å². The fraction of sp³-hybridized carbons (Fsp3) is 0.619. The zero-order valence-electron chi connectivity index (χ0n) is 17.3. The molecule has 6 nitrogen and oxygen atoms in total. The molecule has 0 bridgehead atoms. The number of nitrogens with one attached hydrogen (secondary N) is 2. The highest BCUT2D eigenvalue weighted by Crippen LogP contribution is 2.23. The standard InChI is InChI=1S/C21H33N5OS/c1-4-22-21(25-17-9-6-10-19(14-17)28(27)5-2)23-12-11-18-15-26-13-7-8-16(3)20(26)24-18/h7-8,13,15,17,19H,4-6,9-12,14H2,1-3H3,(H2,22,23,25). The van der Waals surface area contributed by atoms with E-state index in [0.717, 1.165) is 61.7 Å². The maximum atomic E-state index is 12.2. The van der Waals surface area contributed by atoms with Gasteiger partial charge in [-0.15, -0.1) is 0 Å². The molecule has 2 N–H and O–H groups in total. The maximum absolute atomic E-state index is 12.2. The van der Waals surface area contributed by atoms with E-state index in [1.807, 2.05) is 19.2 Å². The smallest absolute Gasteiger partial charge is 0.191 e. The third kappa shape index (κ3) is 5.34. The van der Waals surface area contributed by atoms with Crippen molar-refractivity contribution >= 4 is 22.4 Å². The average molecular weight is 404 g/mol. The van der Waals surface area contributed by atoms with Crippen molar-refractivity contribution in [2.75, 3.05) is 18.8 Å². The molecule has 154 valence electrons. The first-order chi connectivity index (χ1) is 13.6. The van der Waals surface area contributed by atoms with Crippen molar-refractivity contribution in [2.45, 2.75) is 64.2 Å². The summed E-state index contributed by atoms with van der Waals surface area (Å²) < 4.78 is 14.3. The quantitative estimate of drug-likeness (QED) is 0.551. The molecule has 3 unspecified atom stereocenters. The number of hydrogen-bond donors (Lipinski definition) is 2. The van der Waals surface area contributed by atoms with Crippen molar-refractivity contribution in [3.8, 4) is 0 Å². The molecule has 1 aliphatic carbocycles. The van der Waals surface area contributed by atoms with Gasteiger partial charge in [-0.1, -0.05) is 19.4 Å². The van der Waals surface area contributed by atoms with Crippen molar-refractivity contribution < 1.29 is 4.21 Å². The van der Waals surface area contributed by atoms with Crippen molar-refractivity contribution in [2.24, 2.45) is 4.99 Å². The monoisotopic (exact) mass is 403 g/mol. The van der Waals surface area contributed by atoms with E-state index in [2.05, 4.69) is 41.1 Å². The van der Waals surface area contributed by atoms with E-state index in [0.29, 0.717) is 17.8 Å². The first-order valence-electron chi connectivity index (χ1n) is 10.5. The maximum Gasteiger partial charge on any atom is 0.191 e. The number of aromatic nitrogens is 2. The normalized spacial score (nSPS) is 21.6. The number of hydrogen-bond acceptors (Lipinski definition) is 3. The molecule has 2 heterocycles. The van der Waals surface area contributed by atoms with Crippen molar-refractivity contribution in [3.63, 3.8) is 0 Å². The fourth-order valence-corrected chi connectivity index (χ4v) is 5.22. The minimum absolute atomic E-state index is 0.320. The summed E-state index contributed by atoms with van der Waals surface area (Å²) >= 11 is 0. The molecular formula is C21H33N5OS. The summed E-state index contributed by atoms with van der Waals surface area (Å²) in [6.07, 6.45) is 9.24. The summed E-state index contributed by atoms with van der Waals surface area (Å²) in [5.41, 5.74) is 3.26. The molecule has 0 aliphatic heterocycles. The van der Waals surface area contributed by atoms with E-state index in [4.69, 9.17) is 9.98 Å². The zero-order chi connectivity index (χ0) is 19.9. The van der Waals surface area contributed by atoms with Gasteiger partial charge in [0.15, 0.2) is 5.96 Å². The molecule has 0 aromatic carbocycles. The highest BCUT2D eigenvalue weighted by Gasteiger charge is 2.26. The van der Waals surface area contributed by atoms with E-state index in [-0.39, 0.29) is 0 Å². The molecule has 28 heavy (non-hydrogen) atoms. The Labute approximate surface area is 170 Å². The Hall–Kier alpha value is -1.89. The topological polar surface area (TPSA) is 70.8 Å². The lowest BCUT2D eigenvalue weighted by Gasteiger charge is -2.30. The molecule has 2 aromatic rings. The van der Waals surface area contributed by atoms with E-state index in [1.54, 1.807) is 0 Å². The summed E-state index contributed by atoms with van der Waals surface area (Å²) in [6, 6.07) is 4.48. The Morgan fingerprint density at radius 2 is 2.25 bits per heavy atom. The lowest BCUT2D eigenvalue weighted by atomic mass is 9.95. The Morgan fingerprint density at radius 1 is 1.39 bits per heavy atom. The van der Waals surface area contributed by atoms with Gasteiger partial charge in [-0.25, -0.2) is 4.98 Å². The molecule has 3 rings (SSSR count). The number of rotatable bonds is 7. The number of guanidine groups is 1. The summed E-state index contributed by atoms with van der Waals surface area (Å²) in [5, 5.41) is 7.23. The molecule has 0 saturated heterocycles. The van der Waals surface area contributed by atoms with Gasteiger partial charge in [0.1, 0.15) is 5.65 Å². The second-order valence-corrected chi connectivity index (χ2v) is 9.47. The summed E-state index contributed by atoms with van der Waals surface area (Å²) in [5.74, 6) is 1.61. The van der Waals surface area contributed by atoms with Crippen LogP contribution in [0.3, 0.4) is 0 Å². The van der Waals surface area contributed by atoms with Gasteiger partial charge in [0.25, 0.3) is 0 Å². The van der Waals surface area contributed by atoms with Gasteiger partial charge in [-0.05, 0) is 44.7 Å². The van der Waals surface area contributed by atoms with Gasteiger partial charge in [-0.3, -0.25) is 9.20 Å². The predicted molar refractivity (Wildman–Crippen MR) is 117 cm³/mol. The highest BCUT2D eigenvalue weighted by molar-refractivity contribution is 7.85. The van der Waals surface area contributed by atoms with E-state index >= 15 is 0 Å². The van der Waals surface area contributed by atoms with Crippen LogP contribution in [0.15, 0.2) is 29.5 Å². The summed E-state index contributed by atoms with van der Waals surface area (Å²) in [4.78, 5) is 9.48. The number of nitrogens with zero attached hydrogens (tertiary/aromatic N) is 3. The lowest BCUT2D eigenvalue weighted by Crippen LogP contribution is -2.46. The van der Waals surface area contributed by atoms with Crippen LogP contribution in [0.4, 0.5) is 0 Å². The molecule has 1 fully saturated rings. The van der Waals surface area contributed by atoms with Crippen LogP contribution in [-0.2, 0) is 17.2 Å². The molecule has 1 saturated carbocycles. The van der Waals surface area contributed by atoms with Crippen molar-refractivity contribution in [3.05, 3.63) is 35.8 Å². The van der Waals surface area contributed by atoms with Crippen LogP contribution in [0, 0.1) is 6.92 Å². The molecule has 0 amide bonds. The van der Waals surface area contributed by atoms with Gasteiger partial charge in [0, 0.05) is 59.7 Å². The molecule has 1 aliphatic rings. The molecule has 0 radical (unpaired) electrons. The van der Waals surface area contributed by atoms with Crippen LogP contribution in [-0.4, -0.2) is 49.7 Å². The number of aryl methyl sites for hydroxylation is 1. The van der Waals surface area contributed by atoms with Crippen LogP contribution in [0.25, 0.3) is 5.65 Å². The molecule has 7 heteroatoms. The summed E-state index contributed by atoms with van der Waals surface area (Å²) in [6.45, 7) is 7.70. The van der Waals surface area contributed by atoms with E-state index < -0.39 is 10.8 Å². The predicted octanol–water partition coefficient (Wildman–Crippen LogP) is 2.82. The SMILES string of the molecule is CCNC(=NCCc1cn2cccc(C)c2n1)NC1CCCC(S(=O)CC)C1. The highest BCUT2D eigenvalue weighted by atomic mass is 32.2. The third-order valence-electron chi connectivity index (χ3n) is 5.33. The Morgan fingerprint density at radius 3 is 3.00 bits per heavy atom. The third-order valence-corrected chi connectivity index (χ3v) is 7.07. The minimum Gasteiger partial charge on any atom is -0.357 e. The molecular weight excluding hydrogens is 370 g/mol. The largest absolute Gasteiger partial charge is 0.357 e. The second kappa shape index (κ2) is 10.0. The van der Waals surface area contributed by atoms with Crippen LogP contribution >= 0.6 is 0 Å². The van der Waals surface area contributed by atoms with Crippen LogP contribution in [0.2, 0.25) is 0 Å². The first-order valence-corrected chi connectivity index (χ1v) is 11.8. The van der Waals surface area contributed by atoms with Crippen LogP contribution in [0.5, 0.6) is 0 Å². The Balaban J connectivity index is 1.58. The van der Waals surface area contributed by atoms with Gasteiger partial charge < -0.3 is 15.0 Å². The van der Waals surface area contributed by atoms with Crippen LogP contribution in [0.1, 0.15) is 50.8 Å². The zero-order valence-corrected chi connectivity index (χ0v) is 18.1. The molecule has 2 aromatic heterocycles. The number of fused-ring (bicyclic) bond motifs is 1. The Kier molecular flexibility index (Phi) is 7.48. The first kappa shape index (κ1) is 20.8. The van der Waals surface area contributed by atoms with E-state index in [1.165, 1.54) is 5.56 Å². The average Bonchev–Trinajstić information content (AvgIpc) is 3.12. The van der Waals surface area contributed by atoms with E-state index in [9.17, 15) is 4.21 Å². The lowest BCUT2D eigenvalue weighted by molar-refractivity contribution is 0.413. The van der Waals surface area contributed by atoms with Crippen molar-refractivity contribution in [1.29, 1.82) is 0 Å².